The first-order valence-electron chi connectivity index (χ1n) is 11.9. The van der Waals surface area contributed by atoms with Crippen molar-refractivity contribution >= 4 is 17.0 Å². The third-order valence-corrected chi connectivity index (χ3v) is 7.04. The molecule has 0 aliphatic heterocycles. The smallest absolute Gasteiger partial charge is 0.285 e. The zero-order valence-electron chi connectivity index (χ0n) is 22.2. The Morgan fingerprint density at radius 2 is 1.44 bits per heavy atom. The van der Waals surface area contributed by atoms with Gasteiger partial charge in [-0.1, -0.05) is 66.2 Å². The predicted molar refractivity (Wildman–Crippen MR) is 141 cm³/mol. The van der Waals surface area contributed by atoms with Crippen LogP contribution in [0.2, 0.25) is 0 Å². The van der Waals surface area contributed by atoms with Crippen LogP contribution in [0, 0.1) is 6.92 Å². The van der Waals surface area contributed by atoms with Crippen molar-refractivity contribution in [2.24, 2.45) is 0 Å². The predicted octanol–water partition coefficient (Wildman–Crippen LogP) is 6.80. The highest BCUT2D eigenvalue weighted by atomic mass is 32.2. The second kappa shape index (κ2) is 9.98. The van der Waals surface area contributed by atoms with Crippen molar-refractivity contribution in [2.45, 2.75) is 83.7 Å². The Morgan fingerprint density at radius 1 is 0.941 bits per heavy atom. The average Bonchev–Trinajstić information content (AvgIpc) is 3.39. The minimum atomic E-state index is -0.307. The van der Waals surface area contributed by atoms with Crippen molar-refractivity contribution in [1.82, 2.24) is 24.5 Å². The van der Waals surface area contributed by atoms with E-state index >= 15 is 0 Å². The van der Waals surface area contributed by atoms with Crippen LogP contribution in [0.15, 0.2) is 41.6 Å². The van der Waals surface area contributed by atoms with Crippen molar-refractivity contribution in [3.63, 3.8) is 0 Å². The summed E-state index contributed by atoms with van der Waals surface area (Å²) in [6, 6.07) is 8.53. The van der Waals surface area contributed by atoms with Gasteiger partial charge in [-0.25, -0.2) is 9.36 Å². The number of carbonyl (C=O) groups is 1. The second-order valence-electron chi connectivity index (χ2n) is 10.9. The lowest BCUT2D eigenvalue weighted by Crippen LogP contribution is -2.25. The van der Waals surface area contributed by atoms with E-state index in [2.05, 4.69) is 79.7 Å². The SMILES string of the molecule is Cc1cc(C(n2ccc(C(C)C)n2)n2ccc(C(C)C)n2)c(SC(=O)N(C)C)c(C(C)(C)C)c1. The van der Waals surface area contributed by atoms with Crippen LogP contribution in [0.4, 0.5) is 4.79 Å². The molecule has 6 nitrogen and oxygen atoms in total. The average molecular weight is 482 g/mol. The molecule has 7 heteroatoms. The summed E-state index contributed by atoms with van der Waals surface area (Å²) in [4.78, 5) is 15.6. The van der Waals surface area contributed by atoms with Gasteiger partial charge in [0.15, 0.2) is 6.17 Å². The van der Waals surface area contributed by atoms with Crippen molar-refractivity contribution in [1.29, 1.82) is 0 Å². The van der Waals surface area contributed by atoms with E-state index in [0.717, 1.165) is 33.0 Å². The molecule has 0 N–H and O–H groups in total. The van der Waals surface area contributed by atoms with Crippen molar-refractivity contribution in [3.05, 3.63) is 64.7 Å². The molecule has 1 amide bonds. The first-order chi connectivity index (χ1) is 15.8. The molecule has 0 aliphatic rings. The summed E-state index contributed by atoms with van der Waals surface area (Å²) >= 11 is 1.29. The fourth-order valence-corrected chi connectivity index (χ4v) is 4.96. The largest absolute Gasteiger partial charge is 0.339 e. The molecule has 0 bridgehead atoms. The standard InChI is InChI=1S/C27H39N5OS/c1-17(2)22-11-13-31(28-22)25(32-14-12-23(29-32)18(3)4)20-15-19(5)16-21(27(6,7)8)24(20)34-26(33)30(9)10/h11-18,25H,1-10H3. The van der Waals surface area contributed by atoms with Gasteiger partial charge in [0.25, 0.3) is 5.24 Å². The molecule has 0 fully saturated rings. The number of nitrogens with zero attached hydrogens (tertiary/aromatic N) is 5. The lowest BCUT2D eigenvalue weighted by molar-refractivity contribution is 0.241. The molecule has 0 saturated carbocycles. The number of amides is 1. The fraction of sp³-hybridized carbons (Fsp3) is 0.519. The van der Waals surface area contributed by atoms with E-state index in [-0.39, 0.29) is 16.8 Å². The van der Waals surface area contributed by atoms with Crippen LogP contribution in [0.3, 0.4) is 0 Å². The number of rotatable bonds is 6. The molecule has 0 atom stereocenters. The molecule has 0 radical (unpaired) electrons. The third kappa shape index (κ3) is 5.57. The zero-order chi connectivity index (χ0) is 25.4. The highest BCUT2D eigenvalue weighted by Gasteiger charge is 2.30. The monoisotopic (exact) mass is 481 g/mol. The van der Waals surface area contributed by atoms with Gasteiger partial charge in [0, 0.05) is 36.9 Å². The number of hydrogen-bond acceptors (Lipinski definition) is 4. The first-order valence-corrected chi connectivity index (χ1v) is 12.8. The summed E-state index contributed by atoms with van der Waals surface area (Å²) in [6.07, 6.45) is 3.74. The molecule has 0 saturated heterocycles. The van der Waals surface area contributed by atoms with Crippen LogP contribution in [0.25, 0.3) is 0 Å². The Bertz CT molecular complexity index is 1100. The Kier molecular flexibility index (Phi) is 7.65. The van der Waals surface area contributed by atoms with Gasteiger partial charge < -0.3 is 4.90 Å². The van der Waals surface area contributed by atoms with Crippen molar-refractivity contribution in [2.75, 3.05) is 14.1 Å². The third-order valence-electron chi connectivity index (χ3n) is 5.84. The van der Waals surface area contributed by atoms with E-state index in [9.17, 15) is 4.79 Å². The van der Waals surface area contributed by atoms with E-state index in [0.29, 0.717) is 11.8 Å². The minimum absolute atomic E-state index is 0.000947. The summed E-state index contributed by atoms with van der Waals surface area (Å²) in [5, 5.41) is 9.89. The Balaban J connectivity index is 2.32. The van der Waals surface area contributed by atoms with Gasteiger partial charge in [-0.2, -0.15) is 10.2 Å². The number of aromatic nitrogens is 4. The van der Waals surface area contributed by atoms with E-state index in [1.807, 2.05) is 21.8 Å². The van der Waals surface area contributed by atoms with Crippen LogP contribution in [-0.4, -0.2) is 43.8 Å². The van der Waals surface area contributed by atoms with E-state index in [1.165, 1.54) is 11.8 Å². The van der Waals surface area contributed by atoms with Crippen LogP contribution in [-0.2, 0) is 5.41 Å². The first kappa shape index (κ1) is 26.1. The van der Waals surface area contributed by atoms with Crippen LogP contribution >= 0.6 is 11.8 Å². The van der Waals surface area contributed by atoms with E-state index in [1.54, 1.807) is 19.0 Å². The Labute approximate surface area is 208 Å². The molecule has 0 spiro atoms. The van der Waals surface area contributed by atoms with Gasteiger partial charge in [0.1, 0.15) is 0 Å². The van der Waals surface area contributed by atoms with Gasteiger partial charge in [-0.05, 0) is 53.6 Å². The van der Waals surface area contributed by atoms with Crippen LogP contribution in [0.5, 0.6) is 0 Å². The van der Waals surface area contributed by atoms with Crippen LogP contribution in [0.1, 0.15) is 94.5 Å². The topological polar surface area (TPSA) is 56.0 Å². The summed E-state index contributed by atoms with van der Waals surface area (Å²) in [5.41, 5.74) is 5.26. The molecular formula is C27H39N5OS. The summed E-state index contributed by atoms with van der Waals surface area (Å²) < 4.78 is 3.97. The highest BCUT2D eigenvalue weighted by molar-refractivity contribution is 8.13. The quantitative estimate of drug-likeness (QED) is 0.363. The van der Waals surface area contributed by atoms with E-state index < -0.39 is 0 Å². The molecule has 3 aromatic rings. The van der Waals surface area contributed by atoms with Gasteiger partial charge >= 0.3 is 0 Å². The van der Waals surface area contributed by atoms with Crippen LogP contribution < -0.4 is 0 Å². The molecule has 0 unspecified atom stereocenters. The maximum Gasteiger partial charge on any atom is 0.285 e. The van der Waals surface area contributed by atoms with Gasteiger partial charge in [-0.3, -0.25) is 4.79 Å². The van der Waals surface area contributed by atoms with Gasteiger partial charge in [0.05, 0.1) is 11.4 Å². The minimum Gasteiger partial charge on any atom is -0.339 e. The Hall–Kier alpha value is -2.54. The Morgan fingerprint density at radius 3 is 1.82 bits per heavy atom. The molecule has 34 heavy (non-hydrogen) atoms. The van der Waals surface area contributed by atoms with Crippen molar-refractivity contribution < 1.29 is 4.79 Å². The van der Waals surface area contributed by atoms with Crippen molar-refractivity contribution in [3.8, 4) is 0 Å². The maximum absolute atomic E-state index is 13.0. The second-order valence-corrected chi connectivity index (χ2v) is 11.8. The lowest BCUT2D eigenvalue weighted by Gasteiger charge is -2.29. The fourth-order valence-electron chi connectivity index (χ4n) is 3.84. The number of hydrogen-bond donors (Lipinski definition) is 0. The molecule has 184 valence electrons. The van der Waals surface area contributed by atoms with Gasteiger partial charge in [-0.15, -0.1) is 0 Å². The molecule has 2 aromatic heterocycles. The zero-order valence-corrected chi connectivity index (χ0v) is 23.1. The lowest BCUT2D eigenvalue weighted by atomic mass is 9.84. The molecule has 0 aliphatic carbocycles. The number of carbonyl (C=O) groups excluding carboxylic acids is 1. The normalized spacial score (nSPS) is 12.3. The maximum atomic E-state index is 13.0. The number of benzene rings is 1. The summed E-state index contributed by atoms with van der Waals surface area (Å²) in [5.74, 6) is 0.634. The highest BCUT2D eigenvalue weighted by Crippen LogP contribution is 2.40. The summed E-state index contributed by atoms with van der Waals surface area (Å²) in [6.45, 7) is 17.3. The van der Waals surface area contributed by atoms with E-state index in [4.69, 9.17) is 10.2 Å². The van der Waals surface area contributed by atoms with Gasteiger partial charge in [0.2, 0.25) is 0 Å². The number of thioether (sulfide) groups is 1. The molecule has 3 rings (SSSR count). The molecule has 2 heterocycles. The summed E-state index contributed by atoms with van der Waals surface area (Å²) in [7, 11) is 3.59. The molecule has 1 aromatic carbocycles. The number of aryl methyl sites for hydroxylation is 1. The molecular weight excluding hydrogens is 442 g/mol.